The molecule has 1 aliphatic rings. The third kappa shape index (κ3) is 4.51. The van der Waals surface area contributed by atoms with Gasteiger partial charge in [-0.25, -0.2) is 4.79 Å². The van der Waals surface area contributed by atoms with E-state index in [9.17, 15) is 9.59 Å². The van der Waals surface area contributed by atoms with E-state index >= 15 is 0 Å². The molecule has 1 aliphatic heterocycles. The summed E-state index contributed by atoms with van der Waals surface area (Å²) in [5, 5.41) is 6.32. The van der Waals surface area contributed by atoms with Crippen molar-refractivity contribution in [3.8, 4) is 5.75 Å². The van der Waals surface area contributed by atoms with Gasteiger partial charge in [-0.3, -0.25) is 4.79 Å². The summed E-state index contributed by atoms with van der Waals surface area (Å²) < 4.78 is 5.24. The summed E-state index contributed by atoms with van der Waals surface area (Å²) in [7, 11) is 1.53. The normalized spacial score (nSPS) is 15.2. The summed E-state index contributed by atoms with van der Waals surface area (Å²) in [6.07, 6.45) is 1.51. The average Bonchev–Trinajstić information content (AvgIpc) is 2.51. The number of likely N-dealkylation sites (tertiary alicyclic amines) is 1. The Kier molecular flexibility index (Phi) is 5.71. The molecule has 0 saturated carbocycles. The quantitative estimate of drug-likeness (QED) is 0.889. The number of piperidine rings is 1. The van der Waals surface area contributed by atoms with E-state index in [1.165, 1.54) is 7.11 Å². The molecule has 23 heavy (non-hydrogen) atoms. The van der Waals surface area contributed by atoms with Crippen molar-refractivity contribution in [3.05, 3.63) is 22.7 Å². The fourth-order valence-electron chi connectivity index (χ4n) is 2.61. The van der Waals surface area contributed by atoms with Gasteiger partial charge in [0, 0.05) is 37.1 Å². The molecule has 0 unspecified atom stereocenters. The van der Waals surface area contributed by atoms with Gasteiger partial charge in [-0.05, 0) is 31.4 Å². The molecule has 7 heteroatoms. The molecule has 2 rings (SSSR count). The van der Waals surface area contributed by atoms with Gasteiger partial charge in [0.25, 0.3) is 0 Å². The van der Waals surface area contributed by atoms with Crippen molar-refractivity contribution >= 4 is 29.2 Å². The molecule has 6 nitrogen and oxygen atoms in total. The minimum absolute atomic E-state index is 0.0602. The molecule has 2 N–H and O–H groups in total. The molecule has 0 spiro atoms. The van der Waals surface area contributed by atoms with E-state index < -0.39 is 0 Å². The molecule has 1 aromatic carbocycles. The minimum atomic E-state index is -0.286. The van der Waals surface area contributed by atoms with E-state index in [1.807, 2.05) is 6.92 Å². The lowest BCUT2D eigenvalue weighted by Crippen LogP contribution is -2.47. The Morgan fingerprint density at radius 2 is 1.96 bits per heavy atom. The second-order valence-electron chi connectivity index (χ2n) is 5.68. The molecule has 1 fully saturated rings. The molecule has 126 valence electrons. The zero-order valence-electron chi connectivity index (χ0n) is 13.6. The topological polar surface area (TPSA) is 70.7 Å². The number of methoxy groups -OCH3 is 1. The van der Waals surface area contributed by atoms with Crippen LogP contribution in [0.1, 0.15) is 25.3 Å². The van der Waals surface area contributed by atoms with Crippen LogP contribution in [0.5, 0.6) is 5.75 Å². The van der Waals surface area contributed by atoms with Crippen molar-refractivity contribution < 1.29 is 14.3 Å². The first-order valence-electron chi connectivity index (χ1n) is 7.58. The molecular formula is C16H22ClN3O3. The third-order valence-electron chi connectivity index (χ3n) is 4.00. The molecule has 0 aliphatic carbocycles. The third-order valence-corrected chi connectivity index (χ3v) is 4.41. The van der Waals surface area contributed by atoms with Gasteiger partial charge in [-0.15, -0.1) is 0 Å². The number of nitrogens with zero attached hydrogens (tertiary/aromatic N) is 1. The second-order valence-corrected chi connectivity index (χ2v) is 6.09. The highest BCUT2D eigenvalue weighted by Crippen LogP contribution is 2.30. The number of benzene rings is 1. The maximum Gasteiger partial charge on any atom is 0.319 e. The molecule has 0 bridgehead atoms. The highest BCUT2D eigenvalue weighted by atomic mass is 35.5. The number of hydrogen-bond donors (Lipinski definition) is 2. The van der Waals surface area contributed by atoms with Crippen LogP contribution < -0.4 is 15.4 Å². The Morgan fingerprint density at radius 3 is 2.52 bits per heavy atom. The highest BCUT2D eigenvalue weighted by molar-refractivity contribution is 6.31. The van der Waals surface area contributed by atoms with Crippen LogP contribution in [0.15, 0.2) is 12.1 Å². The lowest BCUT2D eigenvalue weighted by molar-refractivity contribution is -0.129. The highest BCUT2D eigenvalue weighted by Gasteiger charge is 2.22. The standard InChI is InChI=1S/C16H22ClN3O3/c1-10-8-14(15(23-3)9-13(10)17)19-16(22)18-12-4-6-20(7-5-12)11(2)21/h8-9,12H,4-7H2,1-3H3,(H2,18,19,22). The number of carbonyl (C=O) groups is 2. The summed E-state index contributed by atoms with van der Waals surface area (Å²) in [5.41, 5.74) is 1.44. The zero-order chi connectivity index (χ0) is 17.0. The predicted molar refractivity (Wildman–Crippen MR) is 90.2 cm³/mol. The number of aryl methyl sites for hydroxylation is 1. The van der Waals surface area contributed by atoms with Crippen LogP contribution >= 0.6 is 11.6 Å². The Morgan fingerprint density at radius 1 is 1.30 bits per heavy atom. The van der Waals surface area contributed by atoms with E-state index in [4.69, 9.17) is 16.3 Å². The Bertz CT molecular complexity index is 598. The first kappa shape index (κ1) is 17.4. The monoisotopic (exact) mass is 339 g/mol. The maximum absolute atomic E-state index is 12.2. The molecule has 1 aromatic rings. The van der Waals surface area contributed by atoms with Gasteiger partial charge >= 0.3 is 6.03 Å². The van der Waals surface area contributed by atoms with Crippen LogP contribution in [0.25, 0.3) is 0 Å². The molecule has 0 atom stereocenters. The van der Waals surface area contributed by atoms with Crippen LogP contribution in [0.4, 0.5) is 10.5 Å². The lowest BCUT2D eigenvalue weighted by atomic mass is 10.1. The number of ether oxygens (including phenoxy) is 1. The number of rotatable bonds is 3. The van der Waals surface area contributed by atoms with Crippen LogP contribution in [-0.4, -0.2) is 43.1 Å². The van der Waals surface area contributed by atoms with E-state index in [0.717, 1.165) is 18.4 Å². The number of anilines is 1. The first-order valence-corrected chi connectivity index (χ1v) is 7.95. The lowest BCUT2D eigenvalue weighted by Gasteiger charge is -2.31. The van der Waals surface area contributed by atoms with E-state index in [-0.39, 0.29) is 18.0 Å². The minimum Gasteiger partial charge on any atom is -0.495 e. The second kappa shape index (κ2) is 7.55. The summed E-state index contributed by atoms with van der Waals surface area (Å²) in [5.74, 6) is 0.594. The van der Waals surface area contributed by atoms with Gasteiger partial charge < -0.3 is 20.3 Å². The van der Waals surface area contributed by atoms with E-state index in [2.05, 4.69) is 10.6 Å². The van der Waals surface area contributed by atoms with Crippen molar-refractivity contribution in [2.24, 2.45) is 0 Å². The van der Waals surface area contributed by atoms with Gasteiger partial charge in [0.05, 0.1) is 12.8 Å². The molecule has 0 aromatic heterocycles. The van der Waals surface area contributed by atoms with Gasteiger partial charge in [-0.1, -0.05) is 11.6 Å². The number of carbonyl (C=O) groups excluding carboxylic acids is 2. The Balaban J connectivity index is 1.93. The van der Waals surface area contributed by atoms with E-state index in [0.29, 0.717) is 29.5 Å². The molecule has 3 amide bonds. The van der Waals surface area contributed by atoms with Gasteiger partial charge in [0.15, 0.2) is 0 Å². The largest absolute Gasteiger partial charge is 0.495 e. The fourth-order valence-corrected chi connectivity index (χ4v) is 2.77. The SMILES string of the molecule is COc1cc(Cl)c(C)cc1NC(=O)NC1CCN(C(C)=O)CC1. The summed E-state index contributed by atoms with van der Waals surface area (Å²) in [4.78, 5) is 25.3. The molecule has 1 heterocycles. The average molecular weight is 340 g/mol. The van der Waals surface area contributed by atoms with Crippen LogP contribution in [0, 0.1) is 6.92 Å². The fraction of sp³-hybridized carbons (Fsp3) is 0.500. The van der Waals surface area contributed by atoms with Crippen molar-refractivity contribution in [1.82, 2.24) is 10.2 Å². The predicted octanol–water partition coefficient (Wildman–Crippen LogP) is 2.79. The zero-order valence-corrected chi connectivity index (χ0v) is 14.4. The van der Waals surface area contributed by atoms with Crippen molar-refractivity contribution in [1.29, 1.82) is 0 Å². The summed E-state index contributed by atoms with van der Waals surface area (Å²) >= 11 is 6.06. The van der Waals surface area contributed by atoms with Crippen LogP contribution in [0.3, 0.4) is 0 Å². The van der Waals surface area contributed by atoms with Crippen molar-refractivity contribution in [2.45, 2.75) is 32.7 Å². The van der Waals surface area contributed by atoms with Crippen molar-refractivity contribution in [2.75, 3.05) is 25.5 Å². The smallest absolute Gasteiger partial charge is 0.319 e. The van der Waals surface area contributed by atoms with Crippen LogP contribution in [-0.2, 0) is 4.79 Å². The molecule has 0 radical (unpaired) electrons. The number of urea groups is 1. The summed E-state index contributed by atoms with van der Waals surface area (Å²) in [6, 6.07) is 3.23. The van der Waals surface area contributed by atoms with Crippen molar-refractivity contribution in [3.63, 3.8) is 0 Å². The number of amides is 3. The molecular weight excluding hydrogens is 318 g/mol. The van der Waals surface area contributed by atoms with Gasteiger partial charge in [0.2, 0.25) is 5.91 Å². The maximum atomic E-state index is 12.2. The Labute approximate surface area is 141 Å². The van der Waals surface area contributed by atoms with Gasteiger partial charge in [-0.2, -0.15) is 0 Å². The Hall–Kier alpha value is -1.95. The number of hydrogen-bond acceptors (Lipinski definition) is 3. The van der Waals surface area contributed by atoms with E-state index in [1.54, 1.807) is 24.0 Å². The molecule has 1 saturated heterocycles. The van der Waals surface area contributed by atoms with Gasteiger partial charge in [0.1, 0.15) is 5.75 Å². The first-order chi connectivity index (χ1) is 10.9. The summed E-state index contributed by atoms with van der Waals surface area (Å²) in [6.45, 7) is 4.77. The van der Waals surface area contributed by atoms with Crippen LogP contribution in [0.2, 0.25) is 5.02 Å². The number of nitrogens with one attached hydrogen (secondary N) is 2. The number of halogens is 1.